The second-order valence-electron chi connectivity index (χ2n) is 11.8. The van der Waals surface area contributed by atoms with E-state index in [1.165, 1.54) is 89.0 Å². The monoisotopic (exact) mass is 512 g/mol. The zero-order valence-electron chi connectivity index (χ0n) is 23.6. The fraction of sp³-hybridized carbons (Fsp3) is 0.727. The molecule has 4 nitrogen and oxygen atoms in total. The molecular weight excluding hydrogens is 460 g/mol. The van der Waals surface area contributed by atoms with Gasteiger partial charge in [-0.2, -0.15) is 0 Å². The summed E-state index contributed by atoms with van der Waals surface area (Å²) in [7, 11) is 0. The van der Waals surface area contributed by atoms with Gasteiger partial charge in [0.15, 0.2) is 0 Å². The lowest BCUT2D eigenvalue weighted by molar-refractivity contribution is -0.138. The first-order valence-electron chi connectivity index (χ1n) is 15.2. The van der Waals surface area contributed by atoms with Crippen molar-refractivity contribution in [3.05, 3.63) is 41.5 Å². The van der Waals surface area contributed by atoms with Gasteiger partial charge in [-0.1, -0.05) is 77.0 Å². The molecule has 0 spiro atoms. The van der Waals surface area contributed by atoms with Crippen molar-refractivity contribution in [1.29, 1.82) is 0 Å². The van der Waals surface area contributed by atoms with E-state index in [2.05, 4.69) is 25.6 Å². The first-order chi connectivity index (χ1) is 18.0. The Labute approximate surface area is 226 Å². The van der Waals surface area contributed by atoms with Gasteiger partial charge in [0.1, 0.15) is 12.4 Å². The second kappa shape index (κ2) is 16.2. The molecule has 3 rings (SSSR count). The molecule has 0 aromatic heterocycles. The quantitative estimate of drug-likeness (QED) is 0.148. The van der Waals surface area contributed by atoms with Gasteiger partial charge in [-0.15, -0.1) is 0 Å². The van der Waals surface area contributed by atoms with Crippen LogP contribution in [0, 0.1) is 23.7 Å². The maximum absolute atomic E-state index is 11.7. The van der Waals surface area contributed by atoms with Crippen LogP contribution in [-0.4, -0.2) is 30.9 Å². The van der Waals surface area contributed by atoms with Gasteiger partial charge >= 0.3 is 5.97 Å². The van der Waals surface area contributed by atoms with Crippen LogP contribution in [-0.2, 0) is 22.4 Å². The van der Waals surface area contributed by atoms with Gasteiger partial charge in [-0.05, 0) is 86.3 Å². The summed E-state index contributed by atoms with van der Waals surface area (Å²) in [6, 6.07) is 6.36. The highest BCUT2D eigenvalue weighted by atomic mass is 16.5. The molecule has 0 aliphatic heterocycles. The molecule has 2 aliphatic rings. The number of carbonyl (C=O) groups excluding carboxylic acids is 1. The van der Waals surface area contributed by atoms with Crippen LogP contribution in [0.1, 0.15) is 108 Å². The highest BCUT2D eigenvalue weighted by molar-refractivity contribution is 5.86. The van der Waals surface area contributed by atoms with Gasteiger partial charge in [0, 0.05) is 12.0 Å². The summed E-state index contributed by atoms with van der Waals surface area (Å²) >= 11 is 0. The van der Waals surface area contributed by atoms with Crippen LogP contribution in [0.4, 0.5) is 0 Å². The Balaban J connectivity index is 1.42. The molecule has 1 N–H and O–H groups in total. The molecule has 1 aromatic carbocycles. The Bertz CT molecular complexity index is 816. The highest BCUT2D eigenvalue weighted by Gasteiger charge is 2.30. The van der Waals surface area contributed by atoms with Crippen molar-refractivity contribution in [2.24, 2.45) is 23.7 Å². The van der Waals surface area contributed by atoms with Gasteiger partial charge in [-0.3, -0.25) is 0 Å². The fourth-order valence-corrected chi connectivity index (χ4v) is 6.61. The molecule has 2 fully saturated rings. The molecule has 37 heavy (non-hydrogen) atoms. The SMILES string of the molecule is C=C(C)C(=O)OCCc1cc(CCC2CCC(C3CCC(CCCCC)CC3)CC2)ccc1OCCO. The summed E-state index contributed by atoms with van der Waals surface area (Å²) in [6.45, 7) is 8.16. The van der Waals surface area contributed by atoms with Crippen LogP contribution < -0.4 is 4.74 Å². The number of hydrogen-bond donors (Lipinski definition) is 1. The third kappa shape index (κ3) is 10.1. The van der Waals surface area contributed by atoms with Crippen LogP contribution >= 0.6 is 0 Å². The standard InChI is InChI=1S/C33H52O4/c1-4-5-6-7-26-10-15-29(16-11-26)30-17-12-27(13-18-30)8-9-28-14-19-32(36-23-21-34)31(24-28)20-22-37-33(35)25(2)3/h14,19,24,26-27,29-30,34H,2,4-13,15-18,20-23H2,1,3H3. The zero-order chi connectivity index (χ0) is 26.5. The van der Waals surface area contributed by atoms with Crippen molar-refractivity contribution < 1.29 is 19.4 Å². The highest BCUT2D eigenvalue weighted by Crippen LogP contribution is 2.43. The minimum Gasteiger partial charge on any atom is -0.491 e. The van der Waals surface area contributed by atoms with Crippen molar-refractivity contribution in [2.75, 3.05) is 19.8 Å². The average molecular weight is 513 g/mol. The number of esters is 1. The van der Waals surface area contributed by atoms with Crippen molar-refractivity contribution in [3.63, 3.8) is 0 Å². The van der Waals surface area contributed by atoms with E-state index in [1.54, 1.807) is 6.92 Å². The predicted octanol–water partition coefficient (Wildman–Crippen LogP) is 7.85. The van der Waals surface area contributed by atoms with Gasteiger partial charge < -0.3 is 14.6 Å². The summed E-state index contributed by atoms with van der Waals surface area (Å²) < 4.78 is 11.0. The minimum atomic E-state index is -0.357. The van der Waals surface area contributed by atoms with E-state index in [0.29, 0.717) is 18.6 Å². The number of aryl methyl sites for hydroxylation is 1. The summed E-state index contributed by atoms with van der Waals surface area (Å²) in [6.07, 6.45) is 20.2. The number of aliphatic hydroxyl groups is 1. The minimum absolute atomic E-state index is 0.0189. The first kappa shape index (κ1) is 29.7. The van der Waals surface area contributed by atoms with Crippen molar-refractivity contribution in [1.82, 2.24) is 0 Å². The lowest BCUT2D eigenvalue weighted by Gasteiger charge is -2.38. The molecule has 4 heteroatoms. The molecule has 1 aromatic rings. The van der Waals surface area contributed by atoms with Gasteiger partial charge in [0.25, 0.3) is 0 Å². The van der Waals surface area contributed by atoms with Crippen molar-refractivity contribution in [3.8, 4) is 5.75 Å². The van der Waals surface area contributed by atoms with Crippen molar-refractivity contribution >= 4 is 5.97 Å². The summed E-state index contributed by atoms with van der Waals surface area (Å²) in [5.41, 5.74) is 2.77. The maximum atomic E-state index is 11.7. The van der Waals surface area contributed by atoms with E-state index in [9.17, 15) is 4.79 Å². The first-order valence-corrected chi connectivity index (χ1v) is 15.2. The lowest BCUT2D eigenvalue weighted by atomic mass is 9.68. The van der Waals surface area contributed by atoms with Crippen LogP contribution in [0.2, 0.25) is 0 Å². The Morgan fingerprint density at radius 3 is 2.16 bits per heavy atom. The molecule has 208 valence electrons. The molecule has 2 saturated carbocycles. The smallest absolute Gasteiger partial charge is 0.333 e. The fourth-order valence-electron chi connectivity index (χ4n) is 6.61. The molecule has 0 heterocycles. The zero-order valence-corrected chi connectivity index (χ0v) is 23.6. The second-order valence-corrected chi connectivity index (χ2v) is 11.8. The Morgan fingerprint density at radius 1 is 0.919 bits per heavy atom. The Hall–Kier alpha value is -1.81. The number of carbonyl (C=O) groups is 1. The van der Waals surface area contributed by atoms with E-state index in [4.69, 9.17) is 14.6 Å². The predicted molar refractivity (Wildman–Crippen MR) is 152 cm³/mol. The summed E-state index contributed by atoms with van der Waals surface area (Å²) in [4.78, 5) is 11.7. The largest absolute Gasteiger partial charge is 0.491 e. The number of rotatable bonds is 15. The third-order valence-corrected chi connectivity index (χ3v) is 8.93. The summed E-state index contributed by atoms with van der Waals surface area (Å²) in [5.74, 6) is 4.24. The molecule has 2 aliphatic carbocycles. The topological polar surface area (TPSA) is 55.8 Å². The maximum Gasteiger partial charge on any atom is 0.333 e. The number of aliphatic hydroxyl groups excluding tert-OH is 1. The molecule has 0 bridgehead atoms. The van der Waals surface area contributed by atoms with E-state index < -0.39 is 0 Å². The number of unbranched alkanes of at least 4 members (excludes halogenated alkanes) is 2. The van der Waals surface area contributed by atoms with E-state index in [0.717, 1.165) is 41.4 Å². The lowest BCUT2D eigenvalue weighted by Crippen LogP contribution is -2.26. The molecule has 0 radical (unpaired) electrons. The van der Waals surface area contributed by atoms with Crippen molar-refractivity contribution in [2.45, 2.75) is 110 Å². The van der Waals surface area contributed by atoms with E-state index in [1.807, 2.05) is 6.07 Å². The van der Waals surface area contributed by atoms with Crippen LogP contribution in [0.25, 0.3) is 0 Å². The Kier molecular flexibility index (Phi) is 13.0. The Morgan fingerprint density at radius 2 is 1.57 bits per heavy atom. The number of hydrogen-bond acceptors (Lipinski definition) is 4. The van der Waals surface area contributed by atoms with Gasteiger partial charge in [0.05, 0.1) is 13.2 Å². The molecule has 0 unspecified atom stereocenters. The van der Waals surface area contributed by atoms with E-state index in [-0.39, 0.29) is 19.2 Å². The molecular formula is C33H52O4. The number of ether oxygens (including phenoxy) is 2. The normalized spacial score (nSPS) is 24.0. The molecule has 0 atom stereocenters. The third-order valence-electron chi connectivity index (χ3n) is 8.93. The van der Waals surface area contributed by atoms with E-state index >= 15 is 0 Å². The molecule has 0 amide bonds. The van der Waals surface area contributed by atoms with Crippen LogP contribution in [0.3, 0.4) is 0 Å². The van der Waals surface area contributed by atoms with Gasteiger partial charge in [0.2, 0.25) is 0 Å². The molecule has 0 saturated heterocycles. The number of benzene rings is 1. The van der Waals surface area contributed by atoms with Crippen LogP contribution in [0.15, 0.2) is 30.4 Å². The van der Waals surface area contributed by atoms with Crippen LogP contribution in [0.5, 0.6) is 5.75 Å². The van der Waals surface area contributed by atoms with Gasteiger partial charge in [-0.25, -0.2) is 4.79 Å². The average Bonchev–Trinajstić information content (AvgIpc) is 2.92. The summed E-state index contributed by atoms with van der Waals surface area (Å²) in [5, 5.41) is 9.16.